The lowest BCUT2D eigenvalue weighted by molar-refractivity contribution is 0.101. The normalized spacial score (nSPS) is 21.5. The summed E-state index contributed by atoms with van der Waals surface area (Å²) >= 11 is 0. The number of piperidine rings is 1. The minimum absolute atomic E-state index is 0.0575. The number of sulfonamides is 1. The van der Waals surface area contributed by atoms with Crippen LogP contribution in [-0.2, 0) is 10.0 Å². The highest BCUT2D eigenvalue weighted by Crippen LogP contribution is 2.29. The lowest BCUT2D eigenvalue weighted by Gasteiger charge is -2.39. The maximum Gasteiger partial charge on any atom is 0.240 e. The summed E-state index contributed by atoms with van der Waals surface area (Å²) in [7, 11) is -3.61. The Balaban J connectivity index is 2.11. The van der Waals surface area contributed by atoms with E-state index in [0.717, 1.165) is 19.4 Å². The topological polar surface area (TPSA) is 75.3 Å². The van der Waals surface area contributed by atoms with Gasteiger partial charge in [-0.15, -0.1) is 0 Å². The third-order valence-electron chi connectivity index (χ3n) is 4.36. The van der Waals surface area contributed by atoms with Gasteiger partial charge in [-0.3, -0.25) is 4.79 Å². The van der Waals surface area contributed by atoms with Crippen molar-refractivity contribution in [1.29, 1.82) is 0 Å². The summed E-state index contributed by atoms with van der Waals surface area (Å²) in [4.78, 5) is 11.5. The highest BCUT2D eigenvalue weighted by atomic mass is 32.2. The second-order valence-corrected chi connectivity index (χ2v) is 8.30. The number of carbonyl (C=O) groups is 1. The Morgan fingerprint density at radius 2 is 2.14 bits per heavy atom. The van der Waals surface area contributed by atoms with Crippen LogP contribution in [0.1, 0.15) is 44.0 Å². The fourth-order valence-electron chi connectivity index (χ4n) is 2.78. The highest BCUT2D eigenvalue weighted by molar-refractivity contribution is 7.89. The second-order valence-electron chi connectivity index (χ2n) is 6.53. The van der Waals surface area contributed by atoms with E-state index in [-0.39, 0.29) is 22.1 Å². The van der Waals surface area contributed by atoms with Gasteiger partial charge in [-0.1, -0.05) is 26.0 Å². The minimum atomic E-state index is -3.61. The molecule has 1 aromatic rings. The lowest BCUT2D eigenvalue weighted by atomic mass is 9.78. The van der Waals surface area contributed by atoms with E-state index in [1.807, 2.05) is 0 Å². The molecule has 1 unspecified atom stereocenters. The molecule has 22 heavy (non-hydrogen) atoms. The van der Waals surface area contributed by atoms with Gasteiger partial charge in [-0.2, -0.15) is 0 Å². The zero-order valence-electron chi connectivity index (χ0n) is 13.3. The van der Waals surface area contributed by atoms with Gasteiger partial charge in [0.25, 0.3) is 0 Å². The van der Waals surface area contributed by atoms with Gasteiger partial charge >= 0.3 is 0 Å². The number of benzene rings is 1. The van der Waals surface area contributed by atoms with Crippen molar-refractivity contribution in [1.82, 2.24) is 10.0 Å². The first-order valence-corrected chi connectivity index (χ1v) is 9.05. The van der Waals surface area contributed by atoms with Gasteiger partial charge < -0.3 is 5.32 Å². The number of nitrogens with one attached hydrogen (secondary N) is 2. The number of ketones is 1. The molecule has 1 heterocycles. The van der Waals surface area contributed by atoms with Crippen LogP contribution in [0.4, 0.5) is 0 Å². The Kier molecular flexibility index (Phi) is 5.04. The van der Waals surface area contributed by atoms with E-state index < -0.39 is 10.0 Å². The lowest BCUT2D eigenvalue weighted by Crippen LogP contribution is -2.52. The van der Waals surface area contributed by atoms with E-state index in [9.17, 15) is 13.2 Å². The summed E-state index contributed by atoms with van der Waals surface area (Å²) < 4.78 is 27.5. The predicted octanol–water partition coefficient (Wildman–Crippen LogP) is 1.95. The molecule has 1 saturated heterocycles. The van der Waals surface area contributed by atoms with E-state index >= 15 is 0 Å². The molecule has 1 atom stereocenters. The Morgan fingerprint density at radius 1 is 1.41 bits per heavy atom. The standard InChI is InChI=1S/C16H24N2O3S/c1-12(19)13-6-4-7-14(10-13)22(20,21)18-11-15-16(2,3)8-5-9-17-15/h4,6-7,10,15,17-18H,5,8-9,11H2,1-3H3. The van der Waals surface area contributed by atoms with Crippen molar-refractivity contribution >= 4 is 15.8 Å². The minimum Gasteiger partial charge on any atom is -0.312 e. The van der Waals surface area contributed by atoms with Crippen molar-refractivity contribution in [2.45, 2.75) is 44.6 Å². The van der Waals surface area contributed by atoms with Crippen LogP contribution in [0.5, 0.6) is 0 Å². The Bertz CT molecular complexity index is 653. The van der Waals surface area contributed by atoms with E-state index in [1.54, 1.807) is 12.1 Å². The van der Waals surface area contributed by atoms with Crippen LogP contribution in [0.25, 0.3) is 0 Å². The average Bonchev–Trinajstić information content (AvgIpc) is 2.46. The first-order valence-electron chi connectivity index (χ1n) is 7.56. The molecule has 2 N–H and O–H groups in total. The quantitative estimate of drug-likeness (QED) is 0.812. The number of carbonyl (C=O) groups excluding carboxylic acids is 1. The summed E-state index contributed by atoms with van der Waals surface area (Å²) in [6, 6.07) is 6.24. The average molecular weight is 324 g/mol. The first-order chi connectivity index (χ1) is 10.2. The summed E-state index contributed by atoms with van der Waals surface area (Å²) in [6.45, 7) is 6.98. The SMILES string of the molecule is CC(=O)c1cccc(S(=O)(=O)NCC2NCCCC2(C)C)c1. The van der Waals surface area contributed by atoms with Crippen molar-refractivity contribution in [3.63, 3.8) is 0 Å². The highest BCUT2D eigenvalue weighted by Gasteiger charge is 2.32. The van der Waals surface area contributed by atoms with E-state index in [4.69, 9.17) is 0 Å². The molecule has 1 aliphatic rings. The smallest absolute Gasteiger partial charge is 0.240 e. The van der Waals surface area contributed by atoms with Crippen molar-refractivity contribution in [2.75, 3.05) is 13.1 Å². The van der Waals surface area contributed by atoms with Crippen molar-refractivity contribution in [3.8, 4) is 0 Å². The van der Waals surface area contributed by atoms with Crippen LogP contribution < -0.4 is 10.0 Å². The van der Waals surface area contributed by atoms with E-state index in [1.165, 1.54) is 19.1 Å². The third kappa shape index (κ3) is 3.94. The number of hydrogen-bond acceptors (Lipinski definition) is 4. The van der Waals surface area contributed by atoms with Crippen LogP contribution in [0, 0.1) is 5.41 Å². The molecular weight excluding hydrogens is 300 g/mol. The predicted molar refractivity (Wildman–Crippen MR) is 86.4 cm³/mol. The van der Waals surface area contributed by atoms with Gasteiger partial charge in [0, 0.05) is 18.2 Å². The van der Waals surface area contributed by atoms with Gasteiger partial charge in [0.05, 0.1) is 4.90 Å². The maximum atomic E-state index is 12.4. The monoisotopic (exact) mass is 324 g/mol. The summed E-state index contributed by atoms with van der Waals surface area (Å²) in [5, 5.41) is 3.38. The maximum absolute atomic E-state index is 12.4. The molecule has 0 aromatic heterocycles. The van der Waals surface area contributed by atoms with E-state index in [2.05, 4.69) is 23.9 Å². The second kappa shape index (κ2) is 6.48. The van der Waals surface area contributed by atoms with Gasteiger partial charge in [-0.25, -0.2) is 13.1 Å². The molecule has 1 fully saturated rings. The van der Waals surface area contributed by atoms with Crippen LogP contribution in [-0.4, -0.2) is 33.3 Å². The van der Waals surface area contributed by atoms with Gasteiger partial charge in [0.15, 0.2) is 5.78 Å². The molecule has 0 bridgehead atoms. The van der Waals surface area contributed by atoms with Crippen LogP contribution >= 0.6 is 0 Å². The van der Waals surface area contributed by atoms with Crippen LogP contribution in [0.15, 0.2) is 29.2 Å². The molecule has 0 spiro atoms. The molecular formula is C16H24N2O3S. The third-order valence-corrected chi connectivity index (χ3v) is 5.78. The summed E-state index contributed by atoms with van der Waals surface area (Å²) in [6.07, 6.45) is 2.18. The van der Waals surface area contributed by atoms with Crippen LogP contribution in [0.2, 0.25) is 0 Å². The first kappa shape index (κ1) is 17.1. The fraction of sp³-hybridized carbons (Fsp3) is 0.562. The van der Waals surface area contributed by atoms with Crippen molar-refractivity contribution < 1.29 is 13.2 Å². The molecule has 0 aliphatic carbocycles. The van der Waals surface area contributed by atoms with Gasteiger partial charge in [0.1, 0.15) is 0 Å². The summed E-state index contributed by atoms with van der Waals surface area (Å²) in [5.74, 6) is -0.146. The Morgan fingerprint density at radius 3 is 2.77 bits per heavy atom. The molecule has 6 heteroatoms. The molecule has 122 valence electrons. The molecule has 0 saturated carbocycles. The van der Waals surface area contributed by atoms with Gasteiger partial charge in [-0.05, 0) is 43.9 Å². The molecule has 1 aromatic carbocycles. The zero-order valence-corrected chi connectivity index (χ0v) is 14.2. The summed E-state index contributed by atoms with van der Waals surface area (Å²) in [5.41, 5.74) is 0.459. The van der Waals surface area contributed by atoms with Crippen LogP contribution in [0.3, 0.4) is 0 Å². The number of hydrogen-bond donors (Lipinski definition) is 2. The Hall–Kier alpha value is -1.24. The molecule has 0 radical (unpaired) electrons. The molecule has 1 aliphatic heterocycles. The zero-order chi connectivity index (χ0) is 16.4. The number of rotatable bonds is 5. The number of Topliss-reactive ketones (excluding diaryl/α,β-unsaturated/α-hetero) is 1. The molecule has 5 nitrogen and oxygen atoms in total. The van der Waals surface area contributed by atoms with Crippen molar-refractivity contribution in [2.24, 2.45) is 5.41 Å². The fourth-order valence-corrected chi connectivity index (χ4v) is 3.87. The Labute approximate surface area is 132 Å². The molecule has 0 amide bonds. The van der Waals surface area contributed by atoms with Crippen molar-refractivity contribution in [3.05, 3.63) is 29.8 Å². The van der Waals surface area contributed by atoms with E-state index in [0.29, 0.717) is 12.1 Å². The van der Waals surface area contributed by atoms with Gasteiger partial charge in [0.2, 0.25) is 10.0 Å². The largest absolute Gasteiger partial charge is 0.312 e. The molecule has 2 rings (SSSR count).